The summed E-state index contributed by atoms with van der Waals surface area (Å²) in [5.74, 6) is 0.201. The predicted octanol–water partition coefficient (Wildman–Crippen LogP) is 11.7. The van der Waals surface area contributed by atoms with Crippen LogP contribution in [0.4, 0.5) is 0 Å². The fourth-order valence-corrected chi connectivity index (χ4v) is 7.73. The van der Waals surface area contributed by atoms with Gasteiger partial charge < -0.3 is 9.84 Å². The Balaban J connectivity index is 0.000000238. The number of ether oxygens (including phenoxy) is 1. The van der Waals surface area contributed by atoms with E-state index in [0.29, 0.717) is 44.3 Å². The first-order valence-corrected chi connectivity index (χ1v) is 18.9. The molecule has 1 aliphatic carbocycles. The summed E-state index contributed by atoms with van der Waals surface area (Å²) in [6, 6.07) is 24.8. The van der Waals surface area contributed by atoms with Crippen LogP contribution in [0.15, 0.2) is 78.6 Å². The average Bonchev–Trinajstić information content (AvgIpc) is 3.10. The van der Waals surface area contributed by atoms with Gasteiger partial charge in [0.15, 0.2) is 5.78 Å². The average molecular weight is 715 g/mol. The summed E-state index contributed by atoms with van der Waals surface area (Å²) in [7, 11) is 0. The van der Waals surface area contributed by atoms with E-state index in [1.807, 2.05) is 71.0 Å². The van der Waals surface area contributed by atoms with Crippen molar-refractivity contribution in [3.63, 3.8) is 0 Å². The van der Waals surface area contributed by atoms with Crippen LogP contribution in [0.2, 0.25) is 0 Å². The largest absolute Gasteiger partial charge is 0.511 e. The van der Waals surface area contributed by atoms with Crippen LogP contribution in [0.5, 0.6) is 0 Å². The van der Waals surface area contributed by atoms with E-state index < -0.39 is 5.41 Å². The standard InChI is InChI=1S/C25H32O3.C23H26O2/c1-7-28-24(27)25(5,6)14-13-21(26)16-22-17(2)15-18(3)23(19(22)4)20-11-9-8-10-12-20;1-14-13-15(2)20(16(3)19(14)17-9-7-6-8-10-17)21-18(24)11-12-23(4,5)22(21)25/h8-12,15H,7,13-14,16H2,1-6H3;6-10,13,25H,11-12H2,1-5H3. The molecule has 5 rings (SSSR count). The van der Waals surface area contributed by atoms with Gasteiger partial charge in [0.05, 0.1) is 17.6 Å². The summed E-state index contributed by atoms with van der Waals surface area (Å²) in [4.78, 5) is 37.5. The van der Waals surface area contributed by atoms with Crippen molar-refractivity contribution in [2.45, 2.75) is 108 Å². The highest BCUT2D eigenvalue weighted by molar-refractivity contribution is 6.23. The van der Waals surface area contributed by atoms with Gasteiger partial charge in [0.2, 0.25) is 0 Å². The van der Waals surface area contributed by atoms with Crippen molar-refractivity contribution in [2.24, 2.45) is 10.8 Å². The minimum absolute atomic E-state index is 0.0471. The van der Waals surface area contributed by atoms with Crippen molar-refractivity contribution >= 4 is 23.1 Å². The molecule has 0 bridgehead atoms. The van der Waals surface area contributed by atoms with Crippen molar-refractivity contribution in [1.29, 1.82) is 0 Å². The van der Waals surface area contributed by atoms with Crippen LogP contribution in [-0.4, -0.2) is 29.2 Å². The lowest BCUT2D eigenvalue weighted by atomic mass is 9.73. The molecule has 0 radical (unpaired) electrons. The number of aliphatic hydroxyl groups excluding tert-OH is 1. The number of aryl methyl sites for hydroxylation is 4. The Labute approximate surface area is 317 Å². The number of esters is 1. The van der Waals surface area contributed by atoms with Crippen molar-refractivity contribution in [3.05, 3.63) is 123 Å². The maximum Gasteiger partial charge on any atom is 0.311 e. The normalized spacial score (nSPS) is 14.1. The lowest BCUT2D eigenvalue weighted by Gasteiger charge is -2.32. The first-order valence-electron chi connectivity index (χ1n) is 18.9. The second-order valence-electron chi connectivity index (χ2n) is 16.0. The zero-order valence-corrected chi connectivity index (χ0v) is 33.8. The highest BCUT2D eigenvalue weighted by Gasteiger charge is 2.36. The minimum atomic E-state index is -0.641. The molecular formula is C48H58O5. The molecule has 0 saturated carbocycles. The first kappa shape index (κ1) is 41.0. The third kappa shape index (κ3) is 9.25. The van der Waals surface area contributed by atoms with Crippen LogP contribution in [0.3, 0.4) is 0 Å². The van der Waals surface area contributed by atoms with E-state index in [2.05, 4.69) is 71.0 Å². The van der Waals surface area contributed by atoms with Crippen molar-refractivity contribution in [3.8, 4) is 22.3 Å². The molecule has 0 amide bonds. The second-order valence-corrected chi connectivity index (χ2v) is 16.0. The van der Waals surface area contributed by atoms with Crippen LogP contribution in [0.1, 0.15) is 105 Å². The zero-order valence-electron chi connectivity index (χ0n) is 33.8. The molecule has 0 aliphatic heterocycles. The van der Waals surface area contributed by atoms with Crippen molar-refractivity contribution in [1.82, 2.24) is 0 Å². The molecule has 0 atom stereocenters. The van der Waals surface area contributed by atoms with E-state index >= 15 is 0 Å². The van der Waals surface area contributed by atoms with E-state index in [9.17, 15) is 19.5 Å². The molecule has 280 valence electrons. The fraction of sp³-hybridized carbons (Fsp3) is 0.396. The molecule has 5 nitrogen and oxygen atoms in total. The maximum atomic E-state index is 12.7. The molecule has 0 fully saturated rings. The molecule has 1 aliphatic rings. The number of aliphatic hydroxyl groups is 1. The minimum Gasteiger partial charge on any atom is -0.511 e. The molecule has 4 aromatic carbocycles. The van der Waals surface area contributed by atoms with Gasteiger partial charge in [-0.25, -0.2) is 0 Å². The molecule has 0 spiro atoms. The van der Waals surface area contributed by atoms with Crippen LogP contribution >= 0.6 is 0 Å². The fourth-order valence-electron chi connectivity index (χ4n) is 7.73. The van der Waals surface area contributed by atoms with Gasteiger partial charge in [-0.15, -0.1) is 0 Å². The first-order chi connectivity index (χ1) is 24.9. The molecular weight excluding hydrogens is 657 g/mol. The Hall–Kier alpha value is -4.77. The Morgan fingerprint density at radius 3 is 1.77 bits per heavy atom. The number of allylic oxidation sites excluding steroid dienone is 2. The van der Waals surface area contributed by atoms with Gasteiger partial charge in [0.25, 0.3) is 0 Å². The number of hydrogen-bond acceptors (Lipinski definition) is 5. The van der Waals surface area contributed by atoms with Gasteiger partial charge in [0, 0.05) is 24.7 Å². The molecule has 0 unspecified atom stereocenters. The molecule has 0 saturated heterocycles. The number of benzene rings is 4. The molecule has 53 heavy (non-hydrogen) atoms. The summed E-state index contributed by atoms with van der Waals surface area (Å²) in [6.45, 7) is 22.3. The highest BCUT2D eigenvalue weighted by atomic mass is 16.5. The number of rotatable bonds is 10. The van der Waals surface area contributed by atoms with Crippen molar-refractivity contribution in [2.75, 3.05) is 6.61 Å². The van der Waals surface area contributed by atoms with Crippen LogP contribution < -0.4 is 0 Å². The Morgan fingerprint density at radius 2 is 1.25 bits per heavy atom. The van der Waals surface area contributed by atoms with Gasteiger partial charge >= 0.3 is 5.97 Å². The summed E-state index contributed by atoms with van der Waals surface area (Å²) in [6.07, 6.45) is 2.45. The van der Waals surface area contributed by atoms with E-state index in [-0.39, 0.29) is 28.7 Å². The van der Waals surface area contributed by atoms with E-state index in [1.54, 1.807) is 6.92 Å². The highest BCUT2D eigenvalue weighted by Crippen LogP contribution is 2.44. The molecule has 5 heteroatoms. The molecule has 4 aromatic rings. The van der Waals surface area contributed by atoms with Gasteiger partial charge in [-0.3, -0.25) is 14.4 Å². The smallest absolute Gasteiger partial charge is 0.311 e. The van der Waals surface area contributed by atoms with Crippen LogP contribution in [0.25, 0.3) is 27.8 Å². The SMILES string of the molecule is CCOC(=O)C(C)(C)CCC(=O)Cc1c(C)cc(C)c(-c2ccccc2)c1C.Cc1cc(C)c(-c2ccccc2)c(C)c1C1=C(O)C(C)(C)CCC1=O. The third-order valence-corrected chi connectivity index (χ3v) is 10.8. The number of ketones is 2. The summed E-state index contributed by atoms with van der Waals surface area (Å²) >= 11 is 0. The van der Waals surface area contributed by atoms with Gasteiger partial charge in [-0.05, 0) is 142 Å². The number of Topliss-reactive ketones (excluding diaryl/α,β-unsaturated/α-hetero) is 2. The van der Waals surface area contributed by atoms with Crippen LogP contribution in [-0.2, 0) is 25.5 Å². The Morgan fingerprint density at radius 1 is 0.755 bits per heavy atom. The van der Waals surface area contributed by atoms with Gasteiger partial charge in [0.1, 0.15) is 11.5 Å². The summed E-state index contributed by atoms with van der Waals surface area (Å²) < 4.78 is 5.12. The van der Waals surface area contributed by atoms with Crippen LogP contribution in [0, 0.1) is 52.4 Å². The van der Waals surface area contributed by atoms with E-state index in [1.165, 1.54) is 27.8 Å². The topological polar surface area (TPSA) is 80.7 Å². The monoisotopic (exact) mass is 714 g/mol. The third-order valence-electron chi connectivity index (χ3n) is 10.8. The number of carbonyl (C=O) groups excluding carboxylic acids is 3. The lowest BCUT2D eigenvalue weighted by molar-refractivity contribution is -0.153. The number of hydrogen-bond donors (Lipinski definition) is 1. The lowest BCUT2D eigenvalue weighted by Crippen LogP contribution is -2.27. The molecule has 1 N–H and O–H groups in total. The molecule has 0 aromatic heterocycles. The zero-order chi connectivity index (χ0) is 39.2. The Kier molecular flexibility index (Phi) is 13.1. The molecule has 0 heterocycles. The van der Waals surface area contributed by atoms with E-state index in [4.69, 9.17) is 4.74 Å². The quantitative estimate of drug-likeness (QED) is 0.165. The van der Waals surface area contributed by atoms with Gasteiger partial charge in [-0.2, -0.15) is 0 Å². The Bertz CT molecular complexity index is 2010. The predicted molar refractivity (Wildman–Crippen MR) is 218 cm³/mol. The van der Waals surface area contributed by atoms with E-state index in [0.717, 1.165) is 38.9 Å². The van der Waals surface area contributed by atoms with Gasteiger partial charge in [-0.1, -0.05) is 86.6 Å². The summed E-state index contributed by atoms with van der Waals surface area (Å²) in [5, 5.41) is 10.9. The second kappa shape index (κ2) is 16.9. The number of carbonyl (C=O) groups is 3. The van der Waals surface area contributed by atoms with Crippen molar-refractivity contribution < 1.29 is 24.2 Å². The summed E-state index contributed by atoms with van der Waals surface area (Å²) in [5.41, 5.74) is 13.0. The maximum absolute atomic E-state index is 12.7.